The number of aromatic nitrogens is 3. The van der Waals surface area contributed by atoms with Crippen LogP contribution >= 0.6 is 0 Å². The zero-order chi connectivity index (χ0) is 48.0. The molecule has 0 saturated heterocycles. The summed E-state index contributed by atoms with van der Waals surface area (Å²) in [4.78, 5) is 10.8. The van der Waals surface area contributed by atoms with Gasteiger partial charge in [0.2, 0.25) is 0 Å². The Labute approximate surface area is 408 Å². The standard InChI is InChI=1S/C65H59N3O/c1-42-35-43(2)62(69-9)57(36-42)63-67-61-56(21-16-22-59(61)68(63)60-41-54(65(6,7)8)31-32-55(60)48-27-29-53(30-28-48)64(3,4)5)51-37-50(45-19-14-11-15-20-45)38-52(39-51)58-40-49(33-34-66-58)47-25-23-46(24-26-47)44-17-12-10-13-18-44/h10-41H,1-9H3. The topological polar surface area (TPSA) is 39.9 Å². The summed E-state index contributed by atoms with van der Waals surface area (Å²) in [5.74, 6) is 1.64. The van der Waals surface area contributed by atoms with Crippen molar-refractivity contribution in [1.82, 2.24) is 14.5 Å². The van der Waals surface area contributed by atoms with Gasteiger partial charge in [-0.2, -0.15) is 0 Å². The molecule has 0 amide bonds. The second-order valence-corrected chi connectivity index (χ2v) is 20.5. The van der Waals surface area contributed by atoms with Crippen LogP contribution in [0.15, 0.2) is 194 Å². The molecule has 69 heavy (non-hydrogen) atoms. The van der Waals surface area contributed by atoms with Gasteiger partial charge in [0.15, 0.2) is 0 Å². The fourth-order valence-electron chi connectivity index (χ4n) is 9.71. The molecule has 0 spiro atoms. The van der Waals surface area contributed by atoms with Crippen LogP contribution in [0.5, 0.6) is 5.75 Å². The van der Waals surface area contributed by atoms with Gasteiger partial charge in [-0.25, -0.2) is 4.98 Å². The number of benzene rings is 8. The average molecular weight is 898 g/mol. The van der Waals surface area contributed by atoms with E-state index in [1.54, 1.807) is 7.11 Å². The number of hydrogen-bond acceptors (Lipinski definition) is 3. The molecule has 10 aromatic rings. The van der Waals surface area contributed by atoms with Crippen molar-refractivity contribution < 1.29 is 4.74 Å². The number of aryl methyl sites for hydroxylation is 2. The van der Waals surface area contributed by atoms with Crippen molar-refractivity contribution in [3.63, 3.8) is 0 Å². The van der Waals surface area contributed by atoms with Gasteiger partial charge in [-0.05, 0) is 140 Å². The summed E-state index contributed by atoms with van der Waals surface area (Å²) in [5.41, 5.74) is 21.8. The van der Waals surface area contributed by atoms with E-state index in [1.165, 1.54) is 22.3 Å². The Morgan fingerprint density at radius 3 is 1.67 bits per heavy atom. The average Bonchev–Trinajstić information content (AvgIpc) is 3.76. The van der Waals surface area contributed by atoms with Crippen LogP contribution in [0.4, 0.5) is 0 Å². The highest BCUT2D eigenvalue weighted by molar-refractivity contribution is 5.98. The first-order chi connectivity index (χ1) is 33.2. The molecule has 0 radical (unpaired) electrons. The van der Waals surface area contributed by atoms with Crippen LogP contribution < -0.4 is 4.74 Å². The number of ether oxygens (including phenoxy) is 1. The molecule has 4 heteroatoms. The number of para-hydroxylation sites is 1. The molecule has 0 N–H and O–H groups in total. The van der Waals surface area contributed by atoms with E-state index >= 15 is 0 Å². The largest absolute Gasteiger partial charge is 0.496 e. The van der Waals surface area contributed by atoms with Crippen molar-refractivity contribution in [2.45, 2.75) is 66.2 Å². The summed E-state index contributed by atoms with van der Waals surface area (Å²) in [7, 11) is 1.77. The van der Waals surface area contributed by atoms with Crippen molar-refractivity contribution in [1.29, 1.82) is 0 Å². The predicted octanol–water partition coefficient (Wildman–Crippen LogP) is 17.3. The molecule has 0 saturated carbocycles. The minimum absolute atomic E-state index is 0.0345. The molecule has 0 fully saturated rings. The quantitative estimate of drug-likeness (QED) is 0.145. The first kappa shape index (κ1) is 45.0. The van der Waals surface area contributed by atoms with Crippen LogP contribution in [-0.2, 0) is 10.8 Å². The van der Waals surface area contributed by atoms with E-state index < -0.39 is 0 Å². The van der Waals surface area contributed by atoms with Crippen molar-refractivity contribution in [3.8, 4) is 89.7 Å². The number of pyridine rings is 1. The normalized spacial score (nSPS) is 11.8. The molecule has 2 aromatic heterocycles. The zero-order valence-electron chi connectivity index (χ0n) is 41.2. The summed E-state index contributed by atoms with van der Waals surface area (Å²) < 4.78 is 8.64. The van der Waals surface area contributed by atoms with Gasteiger partial charge in [0.25, 0.3) is 0 Å². The maximum absolute atomic E-state index is 6.26. The lowest BCUT2D eigenvalue weighted by atomic mass is 9.84. The SMILES string of the molecule is COc1c(C)cc(C)cc1-c1nc2c(-c3cc(-c4ccccc4)cc(-c4cc(-c5ccc(-c6ccccc6)cc5)ccn4)c3)cccc2n1-c1cc(C(C)(C)C)ccc1-c1ccc(C(C)(C)C)cc1. The van der Waals surface area contributed by atoms with Gasteiger partial charge in [0.1, 0.15) is 11.6 Å². The highest BCUT2D eigenvalue weighted by Gasteiger charge is 2.26. The molecule has 0 unspecified atom stereocenters. The highest BCUT2D eigenvalue weighted by atomic mass is 16.5. The number of fused-ring (bicyclic) bond motifs is 1. The van der Waals surface area contributed by atoms with E-state index in [4.69, 9.17) is 14.7 Å². The van der Waals surface area contributed by atoms with E-state index in [1.807, 2.05) is 6.20 Å². The van der Waals surface area contributed by atoms with E-state index in [2.05, 4.69) is 248 Å². The van der Waals surface area contributed by atoms with Crippen molar-refractivity contribution in [2.24, 2.45) is 0 Å². The Morgan fingerprint density at radius 1 is 0.435 bits per heavy atom. The Morgan fingerprint density at radius 2 is 1.01 bits per heavy atom. The molecular weight excluding hydrogens is 839 g/mol. The second kappa shape index (κ2) is 18.0. The molecule has 0 aliphatic carbocycles. The van der Waals surface area contributed by atoms with Gasteiger partial charge >= 0.3 is 0 Å². The van der Waals surface area contributed by atoms with Gasteiger partial charge in [-0.15, -0.1) is 0 Å². The number of hydrogen-bond donors (Lipinski definition) is 0. The molecule has 4 nitrogen and oxygen atoms in total. The lowest BCUT2D eigenvalue weighted by Crippen LogP contribution is -2.13. The van der Waals surface area contributed by atoms with Crippen molar-refractivity contribution >= 4 is 11.0 Å². The Hall–Kier alpha value is -7.82. The van der Waals surface area contributed by atoms with Gasteiger partial charge in [-0.1, -0.05) is 181 Å². The van der Waals surface area contributed by atoms with Crippen molar-refractivity contribution in [2.75, 3.05) is 7.11 Å². The first-order valence-electron chi connectivity index (χ1n) is 24.0. The second-order valence-electron chi connectivity index (χ2n) is 20.5. The van der Waals surface area contributed by atoms with Gasteiger partial charge in [-0.3, -0.25) is 9.55 Å². The van der Waals surface area contributed by atoms with E-state index in [0.717, 1.165) is 101 Å². The van der Waals surface area contributed by atoms with Crippen LogP contribution in [0.1, 0.15) is 63.8 Å². The molecule has 10 rings (SSSR count). The predicted molar refractivity (Wildman–Crippen MR) is 290 cm³/mol. The molecule has 0 aliphatic heterocycles. The molecule has 0 atom stereocenters. The van der Waals surface area contributed by atoms with Gasteiger partial charge in [0.05, 0.1) is 35.1 Å². The third-order valence-corrected chi connectivity index (χ3v) is 13.4. The molecule has 2 heterocycles. The summed E-state index contributed by atoms with van der Waals surface area (Å²) in [6.07, 6.45) is 1.93. The lowest BCUT2D eigenvalue weighted by Gasteiger charge is -2.24. The van der Waals surface area contributed by atoms with Crippen LogP contribution in [0, 0.1) is 13.8 Å². The summed E-state index contributed by atoms with van der Waals surface area (Å²) in [6, 6.07) is 68.2. The van der Waals surface area contributed by atoms with Crippen LogP contribution in [0.3, 0.4) is 0 Å². The van der Waals surface area contributed by atoms with Gasteiger partial charge in [0, 0.05) is 22.9 Å². The van der Waals surface area contributed by atoms with Crippen LogP contribution in [-0.4, -0.2) is 21.6 Å². The summed E-state index contributed by atoms with van der Waals surface area (Å²) in [6.45, 7) is 17.9. The van der Waals surface area contributed by atoms with Crippen LogP contribution in [0.25, 0.3) is 95.0 Å². The van der Waals surface area contributed by atoms with E-state index in [0.29, 0.717) is 0 Å². The van der Waals surface area contributed by atoms with Crippen molar-refractivity contribution in [3.05, 3.63) is 217 Å². The minimum atomic E-state index is -0.103. The van der Waals surface area contributed by atoms with Crippen LogP contribution in [0.2, 0.25) is 0 Å². The molecule has 0 aliphatic rings. The minimum Gasteiger partial charge on any atom is -0.496 e. The number of rotatable bonds is 9. The van der Waals surface area contributed by atoms with E-state index in [9.17, 15) is 0 Å². The molecule has 0 bridgehead atoms. The smallest absolute Gasteiger partial charge is 0.149 e. The number of imidazole rings is 1. The Bertz CT molecular complexity index is 3480. The molecular formula is C65H59N3O. The van der Waals surface area contributed by atoms with E-state index in [-0.39, 0.29) is 10.8 Å². The first-order valence-corrected chi connectivity index (χ1v) is 24.0. The lowest BCUT2D eigenvalue weighted by molar-refractivity contribution is 0.413. The molecule has 340 valence electrons. The highest BCUT2D eigenvalue weighted by Crippen LogP contribution is 2.44. The monoisotopic (exact) mass is 897 g/mol. The Balaban J connectivity index is 1.20. The Kier molecular flexibility index (Phi) is 11.7. The zero-order valence-corrected chi connectivity index (χ0v) is 41.2. The number of nitrogens with zero attached hydrogens (tertiary/aromatic N) is 3. The fourth-order valence-corrected chi connectivity index (χ4v) is 9.71. The number of methoxy groups -OCH3 is 1. The summed E-state index contributed by atoms with van der Waals surface area (Å²) >= 11 is 0. The van der Waals surface area contributed by atoms with Gasteiger partial charge < -0.3 is 4.74 Å². The fraction of sp³-hybridized carbons (Fsp3) is 0.169. The third-order valence-electron chi connectivity index (χ3n) is 13.4. The third kappa shape index (κ3) is 8.91. The molecule has 8 aromatic carbocycles. The maximum atomic E-state index is 6.26. The maximum Gasteiger partial charge on any atom is 0.149 e. The summed E-state index contributed by atoms with van der Waals surface area (Å²) in [5, 5.41) is 0.